The van der Waals surface area contributed by atoms with Crippen molar-refractivity contribution in [2.45, 2.75) is 59.0 Å². The van der Waals surface area contributed by atoms with Gasteiger partial charge in [0.25, 0.3) is 0 Å². The maximum Gasteiger partial charge on any atom is 0.157 e. The quantitative estimate of drug-likeness (QED) is 0.815. The van der Waals surface area contributed by atoms with Crippen LogP contribution in [0, 0.1) is 17.8 Å². The lowest BCUT2D eigenvalue weighted by Gasteiger charge is -2.32. The molecule has 2 unspecified atom stereocenters. The summed E-state index contributed by atoms with van der Waals surface area (Å²) in [6.45, 7) is 9.29. The molecule has 0 aromatic rings. The molecule has 2 nitrogen and oxygen atoms in total. The van der Waals surface area contributed by atoms with Gasteiger partial charge in [-0.05, 0) is 37.0 Å². The van der Waals surface area contributed by atoms with Gasteiger partial charge in [0.2, 0.25) is 0 Å². The van der Waals surface area contributed by atoms with Crippen molar-refractivity contribution in [2.24, 2.45) is 22.7 Å². The molecule has 1 aliphatic heterocycles. The largest absolute Gasteiger partial charge is 0.362 e. The first-order chi connectivity index (χ1) is 8.04. The molecule has 0 aromatic heterocycles. The smallest absolute Gasteiger partial charge is 0.157 e. The van der Waals surface area contributed by atoms with E-state index in [0.29, 0.717) is 18.0 Å². The second-order valence-corrected chi connectivity index (χ2v) is 7.32. The van der Waals surface area contributed by atoms with Crippen LogP contribution in [0.25, 0.3) is 0 Å². The number of aliphatic imine (C=N–C) groups is 1. The minimum atomic E-state index is 0.529. The van der Waals surface area contributed by atoms with E-state index in [0.717, 1.165) is 17.6 Å². The molecular weight excluding hydrogens is 228 g/mol. The predicted octanol–water partition coefficient (Wildman–Crippen LogP) is 3.53. The molecule has 0 bridgehead atoms. The molecule has 1 aliphatic carbocycles. The average Bonchev–Trinajstić information content (AvgIpc) is 2.64. The number of nitrogens with zero attached hydrogens (tertiary/aromatic N) is 1. The zero-order valence-electron chi connectivity index (χ0n) is 11.6. The fourth-order valence-corrected chi connectivity index (χ4v) is 4.30. The molecule has 17 heavy (non-hydrogen) atoms. The van der Waals surface area contributed by atoms with Crippen LogP contribution in [-0.2, 0) is 0 Å². The summed E-state index contributed by atoms with van der Waals surface area (Å²) in [5.41, 5.74) is 0. The summed E-state index contributed by atoms with van der Waals surface area (Å²) in [6, 6.07) is 1.19. The first kappa shape index (κ1) is 13.3. The van der Waals surface area contributed by atoms with Crippen LogP contribution in [0.15, 0.2) is 4.99 Å². The van der Waals surface area contributed by atoms with Crippen LogP contribution in [0.4, 0.5) is 0 Å². The highest BCUT2D eigenvalue weighted by Crippen LogP contribution is 2.30. The lowest BCUT2D eigenvalue weighted by molar-refractivity contribution is 0.256. The van der Waals surface area contributed by atoms with Crippen LogP contribution in [0.2, 0.25) is 0 Å². The van der Waals surface area contributed by atoms with Gasteiger partial charge in [-0.25, -0.2) is 0 Å². The van der Waals surface area contributed by atoms with Crippen molar-refractivity contribution in [3.8, 4) is 0 Å². The third-order valence-electron chi connectivity index (χ3n) is 3.95. The van der Waals surface area contributed by atoms with Crippen molar-refractivity contribution in [1.29, 1.82) is 0 Å². The van der Waals surface area contributed by atoms with Crippen molar-refractivity contribution in [3.05, 3.63) is 0 Å². The number of amidine groups is 1. The van der Waals surface area contributed by atoms with Crippen molar-refractivity contribution in [2.75, 3.05) is 5.75 Å². The standard InChI is InChI=1S/C14H26N2S/c1-9(2)13-8-17-14(16-13)15-12-6-10(3)5-11(4)7-12/h9-13H,5-8H2,1-4H3,(H,15,16)/t10?,11?,12?,13-/m1/s1. The SMILES string of the molecule is CC1CC(C)CC(NC2=N[C@@H](C(C)C)CS2)C1. The van der Waals surface area contributed by atoms with Crippen molar-refractivity contribution in [1.82, 2.24) is 5.32 Å². The Bertz CT molecular complexity index is 278. The molecular formula is C14H26N2S. The molecule has 0 saturated heterocycles. The van der Waals surface area contributed by atoms with E-state index in [1.54, 1.807) is 0 Å². The van der Waals surface area contributed by atoms with Gasteiger partial charge in [0, 0.05) is 11.8 Å². The number of nitrogens with one attached hydrogen (secondary N) is 1. The van der Waals surface area contributed by atoms with Crippen LogP contribution in [-0.4, -0.2) is 23.0 Å². The topological polar surface area (TPSA) is 24.4 Å². The Balaban J connectivity index is 1.87. The van der Waals surface area contributed by atoms with Crippen LogP contribution in [0.1, 0.15) is 47.0 Å². The van der Waals surface area contributed by atoms with Crippen LogP contribution >= 0.6 is 11.8 Å². The van der Waals surface area contributed by atoms with E-state index in [1.807, 2.05) is 11.8 Å². The minimum Gasteiger partial charge on any atom is -0.362 e. The number of hydrogen-bond donors (Lipinski definition) is 1. The number of thioether (sulfide) groups is 1. The summed E-state index contributed by atoms with van der Waals surface area (Å²) in [5, 5.41) is 4.88. The summed E-state index contributed by atoms with van der Waals surface area (Å²) in [6.07, 6.45) is 4.03. The third kappa shape index (κ3) is 3.64. The van der Waals surface area contributed by atoms with E-state index >= 15 is 0 Å². The summed E-state index contributed by atoms with van der Waals surface area (Å²) in [5.74, 6) is 3.57. The normalized spacial score (nSPS) is 38.3. The van der Waals surface area contributed by atoms with Crippen LogP contribution < -0.4 is 5.32 Å². The fourth-order valence-electron chi connectivity index (χ4n) is 3.05. The van der Waals surface area contributed by atoms with Crippen molar-refractivity contribution >= 4 is 16.9 Å². The van der Waals surface area contributed by atoms with Gasteiger partial charge in [0.05, 0.1) is 6.04 Å². The van der Waals surface area contributed by atoms with Gasteiger partial charge < -0.3 is 5.32 Å². The molecule has 1 saturated carbocycles. The van der Waals surface area contributed by atoms with E-state index in [2.05, 4.69) is 33.0 Å². The van der Waals surface area contributed by atoms with E-state index in [-0.39, 0.29) is 0 Å². The number of hydrogen-bond acceptors (Lipinski definition) is 3. The van der Waals surface area contributed by atoms with Crippen LogP contribution in [0.5, 0.6) is 0 Å². The monoisotopic (exact) mass is 254 g/mol. The zero-order valence-corrected chi connectivity index (χ0v) is 12.4. The molecule has 0 amide bonds. The van der Waals surface area contributed by atoms with Crippen molar-refractivity contribution in [3.63, 3.8) is 0 Å². The Hall–Kier alpha value is -0.180. The van der Waals surface area contributed by atoms with E-state index < -0.39 is 0 Å². The fraction of sp³-hybridized carbons (Fsp3) is 0.929. The summed E-state index contributed by atoms with van der Waals surface area (Å²) >= 11 is 1.91. The molecule has 2 rings (SSSR count). The van der Waals surface area contributed by atoms with Gasteiger partial charge in [-0.3, -0.25) is 4.99 Å². The Kier molecular flexibility index (Phi) is 4.40. The van der Waals surface area contributed by atoms with Gasteiger partial charge >= 0.3 is 0 Å². The Morgan fingerprint density at radius 3 is 2.35 bits per heavy atom. The highest BCUT2D eigenvalue weighted by atomic mass is 32.2. The molecule has 0 aromatic carbocycles. The summed E-state index contributed by atoms with van der Waals surface area (Å²) < 4.78 is 0. The van der Waals surface area contributed by atoms with E-state index in [1.165, 1.54) is 24.4 Å². The Morgan fingerprint density at radius 2 is 1.82 bits per heavy atom. The minimum absolute atomic E-state index is 0.529. The van der Waals surface area contributed by atoms with Gasteiger partial charge in [-0.1, -0.05) is 39.5 Å². The molecule has 0 spiro atoms. The van der Waals surface area contributed by atoms with E-state index in [4.69, 9.17) is 4.99 Å². The molecule has 1 fully saturated rings. The zero-order chi connectivity index (χ0) is 12.4. The van der Waals surface area contributed by atoms with Gasteiger partial charge in [0.15, 0.2) is 5.17 Å². The van der Waals surface area contributed by atoms with Crippen LogP contribution in [0.3, 0.4) is 0 Å². The highest BCUT2D eigenvalue weighted by Gasteiger charge is 2.27. The maximum atomic E-state index is 4.80. The second-order valence-electron chi connectivity index (χ2n) is 6.32. The maximum absolute atomic E-state index is 4.80. The van der Waals surface area contributed by atoms with Gasteiger partial charge in [0.1, 0.15) is 0 Å². The second kappa shape index (κ2) is 5.64. The third-order valence-corrected chi connectivity index (χ3v) is 4.95. The average molecular weight is 254 g/mol. The van der Waals surface area contributed by atoms with Gasteiger partial charge in [-0.15, -0.1) is 0 Å². The molecule has 0 radical (unpaired) electrons. The molecule has 3 atom stereocenters. The van der Waals surface area contributed by atoms with E-state index in [9.17, 15) is 0 Å². The first-order valence-electron chi connectivity index (χ1n) is 7.01. The lowest BCUT2D eigenvalue weighted by Crippen LogP contribution is -2.38. The summed E-state index contributed by atoms with van der Waals surface area (Å²) in [7, 11) is 0. The Morgan fingerprint density at radius 1 is 1.18 bits per heavy atom. The molecule has 1 N–H and O–H groups in total. The molecule has 3 heteroatoms. The number of rotatable bonds is 2. The first-order valence-corrected chi connectivity index (χ1v) is 8.00. The molecule has 98 valence electrons. The molecule has 1 heterocycles. The molecule has 2 aliphatic rings. The highest BCUT2D eigenvalue weighted by molar-refractivity contribution is 8.14. The predicted molar refractivity (Wildman–Crippen MR) is 77.6 cm³/mol. The lowest BCUT2D eigenvalue weighted by atomic mass is 9.80. The Labute approximate surface area is 110 Å². The van der Waals surface area contributed by atoms with Crippen molar-refractivity contribution < 1.29 is 0 Å². The van der Waals surface area contributed by atoms with Gasteiger partial charge in [-0.2, -0.15) is 0 Å². The summed E-state index contributed by atoms with van der Waals surface area (Å²) in [4.78, 5) is 4.80.